The third kappa shape index (κ3) is 4.21. The lowest BCUT2D eigenvalue weighted by molar-refractivity contribution is -0.136. The predicted molar refractivity (Wildman–Crippen MR) is 75.2 cm³/mol. The van der Waals surface area contributed by atoms with E-state index >= 15 is 0 Å². The van der Waals surface area contributed by atoms with Gasteiger partial charge in [-0.05, 0) is 37.0 Å². The highest BCUT2D eigenvalue weighted by atomic mass is 16.2. The lowest BCUT2D eigenvalue weighted by atomic mass is 9.69. The molecule has 0 aromatic rings. The molecule has 1 rings (SSSR count). The van der Waals surface area contributed by atoms with Crippen molar-refractivity contribution in [3.8, 4) is 0 Å². The van der Waals surface area contributed by atoms with Gasteiger partial charge in [0.05, 0.1) is 0 Å². The molecule has 20 heavy (non-hydrogen) atoms. The summed E-state index contributed by atoms with van der Waals surface area (Å²) in [6.07, 6.45) is 3.47. The first-order chi connectivity index (χ1) is 9.12. The van der Waals surface area contributed by atoms with Crippen LogP contribution in [0.3, 0.4) is 0 Å². The molecule has 3 amide bonds. The summed E-state index contributed by atoms with van der Waals surface area (Å²) < 4.78 is 0. The van der Waals surface area contributed by atoms with E-state index in [-0.39, 0.29) is 17.2 Å². The summed E-state index contributed by atoms with van der Waals surface area (Å²) in [7, 11) is 0. The first-order valence-corrected chi connectivity index (χ1v) is 7.02. The van der Waals surface area contributed by atoms with Gasteiger partial charge in [0, 0.05) is 5.92 Å². The van der Waals surface area contributed by atoms with Gasteiger partial charge in [-0.15, -0.1) is 0 Å². The molecule has 0 aromatic carbocycles. The molecular formula is C14H25N3O3. The second-order valence-electron chi connectivity index (χ2n) is 6.66. The van der Waals surface area contributed by atoms with Gasteiger partial charge in [0.2, 0.25) is 17.7 Å². The van der Waals surface area contributed by atoms with Crippen LogP contribution in [0.2, 0.25) is 0 Å². The first kappa shape index (κ1) is 16.5. The molecule has 0 unspecified atom stereocenters. The maximum atomic E-state index is 12.0. The molecule has 0 spiro atoms. The molecule has 1 aliphatic rings. The van der Waals surface area contributed by atoms with Crippen LogP contribution >= 0.6 is 0 Å². The van der Waals surface area contributed by atoms with Gasteiger partial charge in [-0.25, -0.2) is 0 Å². The molecule has 0 aliphatic heterocycles. The maximum absolute atomic E-state index is 12.0. The summed E-state index contributed by atoms with van der Waals surface area (Å²) in [6, 6.07) is -1.41. The number of carbonyl (C=O) groups is 3. The number of amides is 3. The molecular weight excluding hydrogens is 258 g/mol. The van der Waals surface area contributed by atoms with Crippen LogP contribution < -0.4 is 16.8 Å². The van der Waals surface area contributed by atoms with Gasteiger partial charge in [0.1, 0.15) is 0 Å². The fraction of sp³-hybridized carbons (Fsp3) is 0.786. The monoisotopic (exact) mass is 283 g/mol. The molecule has 0 heterocycles. The van der Waals surface area contributed by atoms with Crippen molar-refractivity contribution in [3.63, 3.8) is 0 Å². The molecule has 6 nitrogen and oxygen atoms in total. The van der Waals surface area contributed by atoms with Crippen molar-refractivity contribution in [2.24, 2.45) is 28.7 Å². The van der Waals surface area contributed by atoms with Crippen LogP contribution in [0, 0.1) is 17.3 Å². The number of hydrogen-bond donors (Lipinski definition) is 3. The molecule has 6 heteroatoms. The maximum Gasteiger partial charge on any atom is 0.249 e. The van der Waals surface area contributed by atoms with Crippen LogP contribution in [-0.4, -0.2) is 23.8 Å². The Balaban J connectivity index is 2.55. The molecule has 114 valence electrons. The normalized spacial score (nSPS) is 23.4. The Morgan fingerprint density at radius 3 is 1.80 bits per heavy atom. The van der Waals surface area contributed by atoms with Gasteiger partial charge in [-0.2, -0.15) is 0 Å². The average molecular weight is 283 g/mol. The van der Waals surface area contributed by atoms with Crippen molar-refractivity contribution in [1.29, 1.82) is 0 Å². The van der Waals surface area contributed by atoms with E-state index in [1.165, 1.54) is 0 Å². The number of nitrogens with one attached hydrogen (secondary N) is 1. The van der Waals surface area contributed by atoms with Crippen molar-refractivity contribution in [1.82, 2.24) is 5.32 Å². The molecule has 0 aromatic heterocycles. The minimum atomic E-state index is -1.41. The standard InChI is InChI=1S/C14H25N3O3/c1-14(2,3)9-6-4-8(5-7-9)13(20)17-10(11(15)18)12(16)19/h8-10H,4-7H2,1-3H3,(H2,15,18)(H2,16,19)(H,17,20). The predicted octanol–water partition coefficient (Wildman–Crippen LogP) is 0.294. The molecule has 5 N–H and O–H groups in total. The Morgan fingerprint density at radius 2 is 1.45 bits per heavy atom. The first-order valence-electron chi connectivity index (χ1n) is 7.02. The number of hydrogen-bond acceptors (Lipinski definition) is 3. The molecule has 1 saturated carbocycles. The average Bonchev–Trinajstić information content (AvgIpc) is 2.34. The van der Waals surface area contributed by atoms with Crippen molar-refractivity contribution in [3.05, 3.63) is 0 Å². The van der Waals surface area contributed by atoms with Crippen LogP contribution in [0.5, 0.6) is 0 Å². The molecule has 0 bridgehead atoms. The van der Waals surface area contributed by atoms with Gasteiger partial charge in [-0.3, -0.25) is 14.4 Å². The Morgan fingerprint density at radius 1 is 1.00 bits per heavy atom. The van der Waals surface area contributed by atoms with E-state index in [1.54, 1.807) is 0 Å². The van der Waals surface area contributed by atoms with E-state index in [1.807, 2.05) is 0 Å². The summed E-state index contributed by atoms with van der Waals surface area (Å²) in [4.78, 5) is 34.1. The lowest BCUT2D eigenvalue weighted by Gasteiger charge is -2.36. The van der Waals surface area contributed by atoms with Crippen molar-refractivity contribution < 1.29 is 14.4 Å². The second-order valence-corrected chi connectivity index (χ2v) is 6.66. The van der Waals surface area contributed by atoms with E-state index in [9.17, 15) is 14.4 Å². The number of rotatable bonds is 4. The third-order valence-electron chi connectivity index (χ3n) is 4.18. The highest BCUT2D eigenvalue weighted by Gasteiger charge is 2.34. The summed E-state index contributed by atoms with van der Waals surface area (Å²) in [6.45, 7) is 6.61. The van der Waals surface area contributed by atoms with Gasteiger partial charge < -0.3 is 16.8 Å². The smallest absolute Gasteiger partial charge is 0.249 e. The topological polar surface area (TPSA) is 115 Å². The van der Waals surface area contributed by atoms with E-state index in [2.05, 4.69) is 26.1 Å². The van der Waals surface area contributed by atoms with Gasteiger partial charge in [0.25, 0.3) is 0 Å². The number of primary amides is 2. The quantitative estimate of drug-likeness (QED) is 0.644. The Kier molecular flexibility index (Phi) is 5.14. The molecule has 0 saturated heterocycles. The lowest BCUT2D eigenvalue weighted by Crippen LogP contribution is -2.54. The van der Waals surface area contributed by atoms with Crippen LogP contribution in [0.25, 0.3) is 0 Å². The van der Waals surface area contributed by atoms with Gasteiger partial charge in [-0.1, -0.05) is 20.8 Å². The van der Waals surface area contributed by atoms with E-state index < -0.39 is 17.9 Å². The zero-order valence-electron chi connectivity index (χ0n) is 12.4. The van der Waals surface area contributed by atoms with Crippen LogP contribution in [0.1, 0.15) is 46.5 Å². The largest absolute Gasteiger partial charge is 0.367 e. The Labute approximate surface area is 119 Å². The van der Waals surface area contributed by atoms with Crippen LogP contribution in [0.15, 0.2) is 0 Å². The zero-order chi connectivity index (χ0) is 15.5. The van der Waals surface area contributed by atoms with Crippen molar-refractivity contribution in [2.75, 3.05) is 0 Å². The highest BCUT2D eigenvalue weighted by molar-refractivity contribution is 6.05. The molecule has 1 aliphatic carbocycles. The minimum absolute atomic E-state index is 0.171. The molecule has 0 atom stereocenters. The molecule has 1 fully saturated rings. The Bertz CT molecular complexity index is 379. The van der Waals surface area contributed by atoms with Gasteiger partial charge >= 0.3 is 0 Å². The van der Waals surface area contributed by atoms with E-state index in [0.717, 1.165) is 25.7 Å². The van der Waals surface area contributed by atoms with Crippen LogP contribution in [-0.2, 0) is 14.4 Å². The summed E-state index contributed by atoms with van der Waals surface area (Å²) in [5.41, 5.74) is 10.3. The second kappa shape index (κ2) is 6.24. The number of carbonyl (C=O) groups excluding carboxylic acids is 3. The fourth-order valence-corrected chi connectivity index (χ4v) is 2.76. The number of nitrogens with two attached hydrogens (primary N) is 2. The summed E-state index contributed by atoms with van der Waals surface area (Å²) in [5, 5.41) is 2.35. The van der Waals surface area contributed by atoms with E-state index in [4.69, 9.17) is 11.5 Å². The van der Waals surface area contributed by atoms with Crippen molar-refractivity contribution in [2.45, 2.75) is 52.5 Å². The highest BCUT2D eigenvalue weighted by Crippen LogP contribution is 2.39. The summed E-state index contributed by atoms with van der Waals surface area (Å²) >= 11 is 0. The van der Waals surface area contributed by atoms with Crippen molar-refractivity contribution >= 4 is 17.7 Å². The zero-order valence-corrected chi connectivity index (χ0v) is 12.4. The Hall–Kier alpha value is -1.59. The molecule has 0 radical (unpaired) electrons. The minimum Gasteiger partial charge on any atom is -0.367 e. The third-order valence-corrected chi connectivity index (χ3v) is 4.18. The van der Waals surface area contributed by atoms with Gasteiger partial charge in [0.15, 0.2) is 6.04 Å². The SMILES string of the molecule is CC(C)(C)C1CCC(C(=O)NC(C(N)=O)C(N)=O)CC1. The van der Waals surface area contributed by atoms with Crippen LogP contribution in [0.4, 0.5) is 0 Å². The van der Waals surface area contributed by atoms with E-state index in [0.29, 0.717) is 5.92 Å². The summed E-state index contributed by atoms with van der Waals surface area (Å²) in [5.74, 6) is -1.73. The fourth-order valence-electron chi connectivity index (χ4n) is 2.76.